The predicted molar refractivity (Wildman–Crippen MR) is 64.7 cm³/mol. The monoisotopic (exact) mass is 238 g/mol. The standard InChI is InChI=1S/C14H19FO2/c15-12-6-8-14(9-7-12)17-11-10-16-13-4-2-1-3-5-13/h6-9,13H,1-5,10-11H2. The van der Waals surface area contributed by atoms with Gasteiger partial charge in [0, 0.05) is 0 Å². The summed E-state index contributed by atoms with van der Waals surface area (Å²) in [4.78, 5) is 0. The summed E-state index contributed by atoms with van der Waals surface area (Å²) in [6.45, 7) is 1.14. The first kappa shape index (κ1) is 12.4. The van der Waals surface area contributed by atoms with E-state index in [1.807, 2.05) is 0 Å². The van der Waals surface area contributed by atoms with Crippen molar-refractivity contribution in [1.82, 2.24) is 0 Å². The van der Waals surface area contributed by atoms with Gasteiger partial charge in [-0.3, -0.25) is 0 Å². The first-order valence-corrected chi connectivity index (χ1v) is 6.34. The van der Waals surface area contributed by atoms with Crippen molar-refractivity contribution >= 4 is 0 Å². The van der Waals surface area contributed by atoms with Crippen molar-refractivity contribution in [1.29, 1.82) is 0 Å². The summed E-state index contributed by atoms with van der Waals surface area (Å²) in [5.74, 6) is 0.453. The van der Waals surface area contributed by atoms with Gasteiger partial charge in [0.05, 0.1) is 12.7 Å². The van der Waals surface area contributed by atoms with Crippen molar-refractivity contribution in [3.8, 4) is 5.75 Å². The molecule has 0 heterocycles. The molecule has 0 aromatic heterocycles. The number of hydrogen-bond acceptors (Lipinski definition) is 2. The predicted octanol–water partition coefficient (Wildman–Crippen LogP) is 3.55. The van der Waals surface area contributed by atoms with Crippen molar-refractivity contribution in [3.05, 3.63) is 30.1 Å². The Morgan fingerprint density at radius 2 is 1.71 bits per heavy atom. The molecule has 1 fully saturated rings. The summed E-state index contributed by atoms with van der Waals surface area (Å²) in [5, 5.41) is 0. The molecule has 0 unspecified atom stereocenters. The van der Waals surface area contributed by atoms with Crippen LogP contribution >= 0.6 is 0 Å². The fourth-order valence-corrected chi connectivity index (χ4v) is 2.14. The second kappa shape index (κ2) is 6.60. The van der Waals surface area contributed by atoms with Gasteiger partial charge in [-0.15, -0.1) is 0 Å². The molecule has 2 nitrogen and oxygen atoms in total. The molecule has 1 aromatic carbocycles. The van der Waals surface area contributed by atoms with Crippen LogP contribution in [0.3, 0.4) is 0 Å². The van der Waals surface area contributed by atoms with Gasteiger partial charge in [-0.25, -0.2) is 4.39 Å². The van der Waals surface area contributed by atoms with Crippen molar-refractivity contribution < 1.29 is 13.9 Å². The topological polar surface area (TPSA) is 18.5 Å². The van der Waals surface area contributed by atoms with Crippen LogP contribution in [0.1, 0.15) is 32.1 Å². The smallest absolute Gasteiger partial charge is 0.123 e. The van der Waals surface area contributed by atoms with Crippen molar-refractivity contribution in [2.45, 2.75) is 38.2 Å². The molecule has 0 bridgehead atoms. The Balaban J connectivity index is 1.60. The third kappa shape index (κ3) is 4.35. The average Bonchev–Trinajstić information content (AvgIpc) is 2.38. The Morgan fingerprint density at radius 3 is 2.41 bits per heavy atom. The fourth-order valence-electron chi connectivity index (χ4n) is 2.14. The lowest BCUT2D eigenvalue weighted by molar-refractivity contribution is 0.0129. The zero-order chi connectivity index (χ0) is 11.9. The SMILES string of the molecule is Fc1ccc(OCCOC2CCCCC2)cc1. The third-order valence-electron chi connectivity index (χ3n) is 3.07. The maximum Gasteiger partial charge on any atom is 0.123 e. The Bertz CT molecular complexity index is 317. The van der Waals surface area contributed by atoms with Crippen molar-refractivity contribution in [2.75, 3.05) is 13.2 Å². The van der Waals surface area contributed by atoms with E-state index in [9.17, 15) is 4.39 Å². The zero-order valence-corrected chi connectivity index (χ0v) is 10.0. The lowest BCUT2D eigenvalue weighted by Gasteiger charge is -2.21. The van der Waals surface area contributed by atoms with Gasteiger partial charge in [0.2, 0.25) is 0 Å². The fraction of sp³-hybridized carbons (Fsp3) is 0.571. The maximum atomic E-state index is 12.6. The van der Waals surface area contributed by atoms with E-state index in [-0.39, 0.29) is 5.82 Å². The van der Waals surface area contributed by atoms with Crippen LogP contribution in [0.15, 0.2) is 24.3 Å². The summed E-state index contributed by atoms with van der Waals surface area (Å²) in [5.41, 5.74) is 0. The molecule has 0 aliphatic heterocycles. The van der Waals surface area contributed by atoms with E-state index in [1.165, 1.54) is 44.2 Å². The molecule has 1 aliphatic carbocycles. The van der Waals surface area contributed by atoms with Gasteiger partial charge < -0.3 is 9.47 Å². The molecule has 0 amide bonds. The molecule has 0 spiro atoms. The normalized spacial score (nSPS) is 17.0. The van der Waals surface area contributed by atoms with Gasteiger partial charge >= 0.3 is 0 Å². The van der Waals surface area contributed by atoms with Gasteiger partial charge in [0.1, 0.15) is 18.2 Å². The Hall–Kier alpha value is -1.09. The molecule has 0 saturated heterocycles. The van der Waals surface area contributed by atoms with E-state index in [1.54, 1.807) is 12.1 Å². The Kier molecular flexibility index (Phi) is 4.80. The number of hydrogen-bond donors (Lipinski definition) is 0. The second-order valence-electron chi connectivity index (χ2n) is 4.43. The van der Waals surface area contributed by atoms with Crippen LogP contribution in [0.5, 0.6) is 5.75 Å². The highest BCUT2D eigenvalue weighted by atomic mass is 19.1. The number of halogens is 1. The summed E-state index contributed by atoms with van der Waals surface area (Å²) < 4.78 is 23.8. The first-order chi connectivity index (χ1) is 8.34. The largest absolute Gasteiger partial charge is 0.491 e. The molecular formula is C14H19FO2. The van der Waals surface area contributed by atoms with Gasteiger partial charge in [0.15, 0.2) is 0 Å². The molecule has 1 saturated carbocycles. The van der Waals surface area contributed by atoms with E-state index < -0.39 is 0 Å². The molecule has 0 atom stereocenters. The van der Waals surface area contributed by atoms with E-state index in [0.717, 1.165) is 0 Å². The molecule has 0 radical (unpaired) electrons. The van der Waals surface area contributed by atoms with E-state index in [0.29, 0.717) is 25.1 Å². The molecule has 3 heteroatoms. The van der Waals surface area contributed by atoms with Crippen LogP contribution < -0.4 is 4.74 Å². The highest BCUT2D eigenvalue weighted by Crippen LogP contribution is 2.20. The number of benzene rings is 1. The zero-order valence-electron chi connectivity index (χ0n) is 10.0. The third-order valence-corrected chi connectivity index (χ3v) is 3.07. The van der Waals surface area contributed by atoms with Crippen LogP contribution in [0.25, 0.3) is 0 Å². The summed E-state index contributed by atoms with van der Waals surface area (Å²) in [6, 6.07) is 6.07. The van der Waals surface area contributed by atoms with Gasteiger partial charge in [-0.1, -0.05) is 19.3 Å². The highest BCUT2D eigenvalue weighted by Gasteiger charge is 2.13. The minimum Gasteiger partial charge on any atom is -0.491 e. The molecule has 1 aromatic rings. The van der Waals surface area contributed by atoms with E-state index >= 15 is 0 Å². The second-order valence-corrected chi connectivity index (χ2v) is 4.43. The van der Waals surface area contributed by atoms with Crippen LogP contribution in [0.2, 0.25) is 0 Å². The maximum absolute atomic E-state index is 12.6. The number of rotatable bonds is 5. The van der Waals surface area contributed by atoms with Crippen LogP contribution in [0, 0.1) is 5.82 Å². The lowest BCUT2D eigenvalue weighted by atomic mass is 9.98. The van der Waals surface area contributed by atoms with Crippen LogP contribution in [0.4, 0.5) is 4.39 Å². The van der Waals surface area contributed by atoms with Gasteiger partial charge in [0.25, 0.3) is 0 Å². The highest BCUT2D eigenvalue weighted by molar-refractivity contribution is 5.21. The Morgan fingerprint density at radius 1 is 1.00 bits per heavy atom. The molecular weight excluding hydrogens is 219 g/mol. The summed E-state index contributed by atoms with van der Waals surface area (Å²) in [6.07, 6.45) is 6.67. The van der Waals surface area contributed by atoms with Gasteiger partial charge in [-0.05, 0) is 37.1 Å². The van der Waals surface area contributed by atoms with E-state index in [2.05, 4.69) is 0 Å². The summed E-state index contributed by atoms with van der Waals surface area (Å²) in [7, 11) is 0. The molecule has 94 valence electrons. The number of ether oxygens (including phenoxy) is 2. The van der Waals surface area contributed by atoms with Crippen molar-refractivity contribution in [3.63, 3.8) is 0 Å². The Labute approximate surface area is 102 Å². The lowest BCUT2D eigenvalue weighted by Crippen LogP contribution is -2.19. The molecule has 17 heavy (non-hydrogen) atoms. The minimum atomic E-state index is -0.240. The summed E-state index contributed by atoms with van der Waals surface area (Å²) >= 11 is 0. The molecule has 0 N–H and O–H groups in total. The average molecular weight is 238 g/mol. The quantitative estimate of drug-likeness (QED) is 0.730. The minimum absolute atomic E-state index is 0.240. The van der Waals surface area contributed by atoms with E-state index in [4.69, 9.17) is 9.47 Å². The van der Waals surface area contributed by atoms with Crippen LogP contribution in [-0.2, 0) is 4.74 Å². The molecule has 2 rings (SSSR count). The van der Waals surface area contributed by atoms with Gasteiger partial charge in [-0.2, -0.15) is 0 Å². The first-order valence-electron chi connectivity index (χ1n) is 6.34. The van der Waals surface area contributed by atoms with Crippen molar-refractivity contribution in [2.24, 2.45) is 0 Å². The van der Waals surface area contributed by atoms with Crippen LogP contribution in [-0.4, -0.2) is 19.3 Å². The molecule has 1 aliphatic rings.